The molecule has 1 saturated heterocycles. The van der Waals surface area contributed by atoms with Gasteiger partial charge in [0.25, 0.3) is 11.5 Å². The van der Waals surface area contributed by atoms with Crippen molar-refractivity contribution in [3.63, 3.8) is 0 Å². The molecule has 0 N–H and O–H groups in total. The molecule has 0 aromatic carbocycles. The van der Waals surface area contributed by atoms with Crippen LogP contribution in [0.2, 0.25) is 0 Å². The number of amides is 1. The van der Waals surface area contributed by atoms with Crippen LogP contribution in [0.5, 0.6) is 0 Å². The molecule has 5 heteroatoms. The molecule has 2 aromatic rings. The zero-order chi connectivity index (χ0) is 17.1. The Morgan fingerprint density at radius 2 is 1.96 bits per heavy atom. The molecule has 0 unspecified atom stereocenters. The summed E-state index contributed by atoms with van der Waals surface area (Å²) in [5.41, 5.74) is 1.32. The molecule has 5 nitrogen and oxygen atoms in total. The molecule has 126 valence electrons. The van der Waals surface area contributed by atoms with E-state index in [4.69, 9.17) is 0 Å². The first-order valence-electron chi connectivity index (χ1n) is 8.52. The number of aromatic nitrogens is 2. The van der Waals surface area contributed by atoms with E-state index in [1.165, 1.54) is 0 Å². The average Bonchev–Trinajstić information content (AvgIpc) is 3.10. The Hall–Kier alpha value is -2.43. The summed E-state index contributed by atoms with van der Waals surface area (Å²) in [5, 5.41) is 0. The summed E-state index contributed by atoms with van der Waals surface area (Å²) in [6.45, 7) is 5.82. The normalized spacial score (nSPS) is 14.4. The Morgan fingerprint density at radius 1 is 1.21 bits per heavy atom. The maximum atomic E-state index is 12.6. The fourth-order valence-electron chi connectivity index (χ4n) is 3.07. The van der Waals surface area contributed by atoms with Gasteiger partial charge in [0.15, 0.2) is 0 Å². The van der Waals surface area contributed by atoms with Crippen LogP contribution in [0.3, 0.4) is 0 Å². The van der Waals surface area contributed by atoms with Crippen LogP contribution in [-0.4, -0.2) is 33.4 Å². The van der Waals surface area contributed by atoms with Gasteiger partial charge in [-0.15, -0.1) is 0 Å². The number of rotatable bonds is 4. The van der Waals surface area contributed by atoms with E-state index in [1.807, 2.05) is 17.0 Å². The number of pyridine rings is 2. The van der Waals surface area contributed by atoms with Crippen LogP contribution in [0.1, 0.15) is 42.6 Å². The van der Waals surface area contributed by atoms with Crippen molar-refractivity contribution >= 4 is 5.91 Å². The van der Waals surface area contributed by atoms with Gasteiger partial charge in [0.1, 0.15) is 5.82 Å². The highest BCUT2D eigenvalue weighted by Gasteiger charge is 2.19. The SMILES string of the molecule is CC(C)Cc1cccn(-c2ccc(C(=O)N3CCCC3)cn2)c1=O. The summed E-state index contributed by atoms with van der Waals surface area (Å²) in [7, 11) is 0. The van der Waals surface area contributed by atoms with Crippen molar-refractivity contribution in [1.29, 1.82) is 0 Å². The average molecular weight is 325 g/mol. The Morgan fingerprint density at radius 3 is 2.58 bits per heavy atom. The number of carbonyl (C=O) groups is 1. The lowest BCUT2D eigenvalue weighted by molar-refractivity contribution is 0.0792. The lowest BCUT2D eigenvalue weighted by Gasteiger charge is -2.15. The van der Waals surface area contributed by atoms with E-state index in [0.717, 1.165) is 37.9 Å². The number of nitrogens with zero attached hydrogens (tertiary/aromatic N) is 3. The zero-order valence-electron chi connectivity index (χ0n) is 14.2. The van der Waals surface area contributed by atoms with Crippen molar-refractivity contribution in [2.75, 3.05) is 13.1 Å². The largest absolute Gasteiger partial charge is 0.339 e. The number of hydrogen-bond acceptors (Lipinski definition) is 3. The quantitative estimate of drug-likeness (QED) is 0.868. The van der Waals surface area contributed by atoms with Crippen molar-refractivity contribution in [1.82, 2.24) is 14.5 Å². The lowest BCUT2D eigenvalue weighted by atomic mass is 10.0. The van der Waals surface area contributed by atoms with Crippen LogP contribution in [0, 0.1) is 5.92 Å². The van der Waals surface area contributed by atoms with Gasteiger partial charge in [0.05, 0.1) is 5.56 Å². The highest BCUT2D eigenvalue weighted by molar-refractivity contribution is 5.94. The smallest absolute Gasteiger partial charge is 0.259 e. The van der Waals surface area contributed by atoms with Gasteiger partial charge in [-0.2, -0.15) is 0 Å². The van der Waals surface area contributed by atoms with Crippen molar-refractivity contribution in [3.8, 4) is 5.82 Å². The van der Waals surface area contributed by atoms with Crippen LogP contribution < -0.4 is 5.56 Å². The standard InChI is InChI=1S/C19H23N3O2/c1-14(2)12-15-6-5-11-22(19(15)24)17-8-7-16(13-20-17)18(23)21-9-3-4-10-21/h5-8,11,13-14H,3-4,9-10,12H2,1-2H3. The summed E-state index contributed by atoms with van der Waals surface area (Å²) in [6.07, 6.45) is 6.16. The van der Waals surface area contributed by atoms with Crippen molar-refractivity contribution in [3.05, 3.63) is 58.1 Å². The van der Waals surface area contributed by atoms with E-state index in [2.05, 4.69) is 18.8 Å². The molecule has 0 aliphatic carbocycles. The van der Waals surface area contributed by atoms with Crippen LogP contribution in [-0.2, 0) is 6.42 Å². The van der Waals surface area contributed by atoms with E-state index < -0.39 is 0 Å². The molecular weight excluding hydrogens is 302 g/mol. The molecule has 1 aliphatic heterocycles. The van der Waals surface area contributed by atoms with Gasteiger partial charge in [-0.05, 0) is 43.4 Å². The maximum Gasteiger partial charge on any atom is 0.259 e. The highest BCUT2D eigenvalue weighted by Crippen LogP contribution is 2.13. The molecule has 1 fully saturated rings. The molecule has 3 rings (SSSR count). The number of hydrogen-bond donors (Lipinski definition) is 0. The van der Waals surface area contributed by atoms with E-state index in [1.54, 1.807) is 29.1 Å². The van der Waals surface area contributed by atoms with E-state index in [9.17, 15) is 9.59 Å². The topological polar surface area (TPSA) is 55.2 Å². The predicted octanol–water partition coefficient (Wildman–Crippen LogP) is 2.67. The predicted molar refractivity (Wildman–Crippen MR) is 93.5 cm³/mol. The van der Waals surface area contributed by atoms with Crippen molar-refractivity contribution < 1.29 is 4.79 Å². The minimum absolute atomic E-state index is 0.0208. The van der Waals surface area contributed by atoms with Gasteiger partial charge in [0, 0.05) is 31.0 Å². The highest BCUT2D eigenvalue weighted by atomic mass is 16.2. The third-order valence-corrected chi connectivity index (χ3v) is 4.29. The Labute approximate surface area is 141 Å². The first-order chi connectivity index (χ1) is 11.6. The zero-order valence-corrected chi connectivity index (χ0v) is 14.2. The van der Waals surface area contributed by atoms with Gasteiger partial charge in [-0.1, -0.05) is 19.9 Å². The fraction of sp³-hybridized carbons (Fsp3) is 0.421. The minimum Gasteiger partial charge on any atom is -0.339 e. The van der Waals surface area contributed by atoms with Gasteiger partial charge in [-0.25, -0.2) is 4.98 Å². The first-order valence-corrected chi connectivity index (χ1v) is 8.52. The number of likely N-dealkylation sites (tertiary alicyclic amines) is 1. The van der Waals surface area contributed by atoms with Gasteiger partial charge in [-0.3, -0.25) is 14.2 Å². The second kappa shape index (κ2) is 6.99. The molecule has 0 spiro atoms. The monoisotopic (exact) mass is 325 g/mol. The second-order valence-corrected chi connectivity index (χ2v) is 6.71. The van der Waals surface area contributed by atoms with Crippen molar-refractivity contribution in [2.24, 2.45) is 5.92 Å². The van der Waals surface area contributed by atoms with E-state index in [0.29, 0.717) is 17.3 Å². The second-order valence-electron chi connectivity index (χ2n) is 6.71. The van der Waals surface area contributed by atoms with Crippen LogP contribution in [0.4, 0.5) is 0 Å². The van der Waals surface area contributed by atoms with Crippen molar-refractivity contribution in [2.45, 2.75) is 33.1 Å². The van der Waals surface area contributed by atoms with E-state index in [-0.39, 0.29) is 11.5 Å². The summed E-state index contributed by atoms with van der Waals surface area (Å²) in [5.74, 6) is 0.984. The molecule has 3 heterocycles. The summed E-state index contributed by atoms with van der Waals surface area (Å²) in [6, 6.07) is 7.22. The molecule has 0 radical (unpaired) electrons. The molecule has 0 atom stereocenters. The minimum atomic E-state index is -0.0441. The third kappa shape index (κ3) is 3.40. The Balaban J connectivity index is 1.86. The third-order valence-electron chi connectivity index (χ3n) is 4.29. The van der Waals surface area contributed by atoms with Crippen LogP contribution in [0.25, 0.3) is 5.82 Å². The molecule has 1 amide bonds. The number of carbonyl (C=O) groups excluding carboxylic acids is 1. The molecule has 24 heavy (non-hydrogen) atoms. The van der Waals surface area contributed by atoms with E-state index >= 15 is 0 Å². The van der Waals surface area contributed by atoms with Gasteiger partial charge < -0.3 is 4.90 Å². The molecule has 0 bridgehead atoms. The Bertz CT molecular complexity index is 772. The summed E-state index contributed by atoms with van der Waals surface area (Å²) >= 11 is 0. The first kappa shape index (κ1) is 16.4. The van der Waals surface area contributed by atoms with Gasteiger partial charge in [0.2, 0.25) is 0 Å². The Kier molecular flexibility index (Phi) is 4.79. The fourth-order valence-corrected chi connectivity index (χ4v) is 3.07. The van der Waals surface area contributed by atoms with Gasteiger partial charge >= 0.3 is 0 Å². The molecule has 0 saturated carbocycles. The summed E-state index contributed by atoms with van der Waals surface area (Å²) in [4.78, 5) is 31.1. The maximum absolute atomic E-state index is 12.6. The van der Waals surface area contributed by atoms with Crippen LogP contribution >= 0.6 is 0 Å². The molecule has 1 aliphatic rings. The molecule has 2 aromatic heterocycles. The lowest BCUT2D eigenvalue weighted by Crippen LogP contribution is -2.28. The molecular formula is C19H23N3O2. The summed E-state index contributed by atoms with van der Waals surface area (Å²) < 4.78 is 1.54. The van der Waals surface area contributed by atoms with Crippen LogP contribution in [0.15, 0.2) is 41.5 Å².